The van der Waals surface area contributed by atoms with Crippen molar-refractivity contribution in [1.82, 2.24) is 19.8 Å². The Morgan fingerprint density at radius 1 is 1.16 bits per heavy atom. The first-order valence-corrected chi connectivity index (χ1v) is 11.7. The summed E-state index contributed by atoms with van der Waals surface area (Å²) in [6.45, 7) is 6.69. The van der Waals surface area contributed by atoms with Crippen molar-refractivity contribution in [1.29, 1.82) is 0 Å². The highest BCUT2D eigenvalue weighted by molar-refractivity contribution is 9.10. The van der Waals surface area contributed by atoms with E-state index in [0.717, 1.165) is 71.7 Å². The highest BCUT2D eigenvalue weighted by Gasteiger charge is 2.31. The van der Waals surface area contributed by atoms with E-state index in [9.17, 15) is 9.59 Å². The first-order valence-electron chi connectivity index (χ1n) is 10.9. The first kappa shape index (κ1) is 20.5. The van der Waals surface area contributed by atoms with Crippen LogP contribution in [-0.4, -0.2) is 64.3 Å². The van der Waals surface area contributed by atoms with Gasteiger partial charge >= 0.3 is 0 Å². The second kappa shape index (κ2) is 8.24. The summed E-state index contributed by atoms with van der Waals surface area (Å²) in [5.41, 5.74) is 4.77. The van der Waals surface area contributed by atoms with Gasteiger partial charge in [0.1, 0.15) is 5.82 Å². The summed E-state index contributed by atoms with van der Waals surface area (Å²) in [5, 5.41) is 2.81. The van der Waals surface area contributed by atoms with E-state index < -0.39 is 0 Å². The summed E-state index contributed by atoms with van der Waals surface area (Å²) in [6, 6.07) is 1.89. The van der Waals surface area contributed by atoms with Gasteiger partial charge in [0.15, 0.2) is 0 Å². The van der Waals surface area contributed by atoms with Crippen molar-refractivity contribution < 1.29 is 9.59 Å². The van der Waals surface area contributed by atoms with Crippen molar-refractivity contribution in [2.45, 2.75) is 32.6 Å². The number of carbonyl (C=O) groups excluding carboxylic acids is 2. The average Bonchev–Trinajstić information content (AvgIpc) is 3.25. The van der Waals surface area contributed by atoms with Crippen molar-refractivity contribution in [3.05, 3.63) is 44.8 Å². The minimum Gasteiger partial charge on any atom is -0.358 e. The number of piperidine rings is 1. The number of amides is 2. The Bertz CT molecular complexity index is 1080. The van der Waals surface area contributed by atoms with E-state index in [-0.39, 0.29) is 11.8 Å². The lowest BCUT2D eigenvalue weighted by Gasteiger charge is -2.32. The van der Waals surface area contributed by atoms with Gasteiger partial charge < -0.3 is 20.1 Å². The van der Waals surface area contributed by atoms with Crippen LogP contribution in [0.4, 0.5) is 5.82 Å². The summed E-state index contributed by atoms with van der Waals surface area (Å²) >= 11 is 3.43. The Balaban J connectivity index is 1.39. The summed E-state index contributed by atoms with van der Waals surface area (Å²) < 4.78 is 0.815. The highest BCUT2D eigenvalue weighted by atomic mass is 79.9. The number of aromatic amines is 1. The Labute approximate surface area is 190 Å². The summed E-state index contributed by atoms with van der Waals surface area (Å²) in [7, 11) is 0. The number of anilines is 1. The molecule has 162 valence electrons. The van der Waals surface area contributed by atoms with Crippen LogP contribution >= 0.6 is 15.9 Å². The molecule has 2 N–H and O–H groups in total. The van der Waals surface area contributed by atoms with Gasteiger partial charge in [0.05, 0.1) is 11.1 Å². The van der Waals surface area contributed by atoms with Gasteiger partial charge in [-0.1, -0.05) is 6.42 Å². The number of pyridine rings is 1. The monoisotopic (exact) mass is 483 g/mol. The minimum absolute atomic E-state index is 0.0948. The van der Waals surface area contributed by atoms with E-state index in [0.29, 0.717) is 11.4 Å². The second-order valence-electron chi connectivity index (χ2n) is 8.52. The minimum atomic E-state index is -0.179. The third kappa shape index (κ3) is 3.83. The van der Waals surface area contributed by atoms with E-state index in [1.807, 2.05) is 24.0 Å². The van der Waals surface area contributed by atoms with E-state index in [2.05, 4.69) is 36.1 Å². The van der Waals surface area contributed by atoms with Crippen molar-refractivity contribution in [2.24, 2.45) is 0 Å². The number of H-pyrrole nitrogens is 1. The second-order valence-corrected chi connectivity index (χ2v) is 9.44. The number of hydrogen-bond donors (Lipinski definition) is 2. The van der Waals surface area contributed by atoms with Gasteiger partial charge in [-0.3, -0.25) is 9.59 Å². The topological polar surface area (TPSA) is 81.3 Å². The Morgan fingerprint density at radius 2 is 1.97 bits per heavy atom. The Kier molecular flexibility index (Phi) is 5.44. The number of nitrogens with one attached hydrogen (secondary N) is 2. The van der Waals surface area contributed by atoms with Crippen LogP contribution in [0.15, 0.2) is 16.7 Å². The molecule has 31 heavy (non-hydrogen) atoms. The quantitative estimate of drug-likeness (QED) is 0.652. The fourth-order valence-corrected chi connectivity index (χ4v) is 5.13. The molecular weight excluding hydrogens is 458 g/mol. The van der Waals surface area contributed by atoms with E-state index in [1.165, 1.54) is 19.3 Å². The number of fused-ring (bicyclic) bond motifs is 2. The van der Waals surface area contributed by atoms with Crippen LogP contribution in [0, 0.1) is 6.92 Å². The van der Waals surface area contributed by atoms with Crippen LogP contribution in [0.1, 0.15) is 52.1 Å². The van der Waals surface area contributed by atoms with Crippen molar-refractivity contribution in [2.75, 3.05) is 38.0 Å². The van der Waals surface area contributed by atoms with Gasteiger partial charge in [-0.15, -0.1) is 0 Å². The molecule has 0 unspecified atom stereocenters. The molecule has 0 saturated carbocycles. The third-order valence-corrected chi connectivity index (χ3v) is 6.98. The molecule has 0 aromatic carbocycles. The summed E-state index contributed by atoms with van der Waals surface area (Å²) in [5.74, 6) is 0.479. The Morgan fingerprint density at radius 3 is 2.77 bits per heavy atom. The van der Waals surface area contributed by atoms with E-state index >= 15 is 0 Å². The lowest BCUT2D eigenvalue weighted by atomic mass is 10.0. The number of nitrogens with zero attached hydrogens (tertiary/aromatic N) is 3. The number of halogens is 1. The van der Waals surface area contributed by atoms with Crippen molar-refractivity contribution in [3.8, 4) is 0 Å². The zero-order valence-electron chi connectivity index (χ0n) is 17.6. The van der Waals surface area contributed by atoms with Crippen LogP contribution in [0.3, 0.4) is 0 Å². The van der Waals surface area contributed by atoms with Crippen molar-refractivity contribution in [3.63, 3.8) is 0 Å². The molecule has 0 bridgehead atoms. The normalized spacial score (nSPS) is 20.2. The molecule has 3 aliphatic heterocycles. The largest absolute Gasteiger partial charge is 0.358 e. The van der Waals surface area contributed by atoms with Gasteiger partial charge in [0.2, 0.25) is 0 Å². The highest BCUT2D eigenvalue weighted by Crippen LogP contribution is 2.34. The lowest BCUT2D eigenvalue weighted by Crippen LogP contribution is -2.43. The van der Waals surface area contributed by atoms with Gasteiger partial charge in [-0.25, -0.2) is 4.98 Å². The third-order valence-electron chi connectivity index (χ3n) is 6.54. The molecule has 3 aliphatic rings. The van der Waals surface area contributed by atoms with Gasteiger partial charge in [-0.2, -0.15) is 0 Å². The van der Waals surface area contributed by atoms with Gasteiger partial charge in [0.25, 0.3) is 11.8 Å². The van der Waals surface area contributed by atoms with Crippen LogP contribution in [-0.2, 0) is 11.2 Å². The standard InChI is InChI=1S/C23H26BrN5O2/c1-14-19(12-17-16-11-15(24)13-25-21(16)27-22(17)30)26-18-5-8-29(23(31)20(14)18)10-9-28-6-3-2-4-7-28/h11-13,26H,2-10H2,1H3,(H,25,27,30). The predicted octanol–water partition coefficient (Wildman–Crippen LogP) is 3.46. The first-order chi connectivity index (χ1) is 15.0. The van der Waals surface area contributed by atoms with Crippen LogP contribution in [0.5, 0.6) is 0 Å². The summed E-state index contributed by atoms with van der Waals surface area (Å²) in [6.07, 6.45) is 8.15. The Hall–Kier alpha value is -2.45. The van der Waals surface area contributed by atoms with E-state index in [1.54, 1.807) is 6.20 Å². The zero-order valence-corrected chi connectivity index (χ0v) is 19.2. The van der Waals surface area contributed by atoms with Crippen LogP contribution in [0.2, 0.25) is 0 Å². The fraction of sp³-hybridized carbons (Fsp3) is 0.435. The zero-order chi connectivity index (χ0) is 21.5. The molecule has 5 heterocycles. The van der Waals surface area contributed by atoms with E-state index in [4.69, 9.17) is 0 Å². The number of aromatic nitrogens is 2. The number of carbonyl (C=O) groups is 2. The maximum absolute atomic E-state index is 13.2. The van der Waals surface area contributed by atoms with Gasteiger partial charge in [0, 0.05) is 53.7 Å². The number of hydrogen-bond acceptors (Lipinski definition) is 4. The number of likely N-dealkylation sites (tertiary alicyclic amines) is 1. The molecule has 7 nitrogen and oxygen atoms in total. The predicted molar refractivity (Wildman–Crippen MR) is 124 cm³/mol. The molecule has 1 saturated heterocycles. The molecule has 2 aromatic rings. The van der Waals surface area contributed by atoms with Crippen LogP contribution < -0.4 is 5.32 Å². The maximum atomic E-state index is 13.2. The molecule has 1 fully saturated rings. The molecule has 0 aliphatic carbocycles. The van der Waals surface area contributed by atoms with Crippen molar-refractivity contribution >= 4 is 45.2 Å². The fourth-order valence-electron chi connectivity index (χ4n) is 4.80. The smallest absolute Gasteiger partial charge is 0.257 e. The molecule has 2 aromatic heterocycles. The lowest BCUT2D eigenvalue weighted by molar-refractivity contribution is -0.110. The summed E-state index contributed by atoms with van der Waals surface area (Å²) in [4.78, 5) is 37.9. The number of rotatable bonds is 4. The SMILES string of the molecule is Cc1c(C=C2C(=O)Nc3ncc(Br)cc32)[nH]c2c1C(=O)N(CCN1CCCCC1)CC2. The van der Waals surface area contributed by atoms with Crippen LogP contribution in [0.25, 0.3) is 11.6 Å². The molecule has 8 heteroatoms. The maximum Gasteiger partial charge on any atom is 0.257 e. The molecule has 0 radical (unpaired) electrons. The average molecular weight is 484 g/mol. The molecular formula is C23H26BrN5O2. The van der Waals surface area contributed by atoms with Gasteiger partial charge in [-0.05, 0) is 66.5 Å². The molecule has 2 amide bonds. The molecule has 0 spiro atoms. The molecule has 5 rings (SSSR count). The molecule has 0 atom stereocenters.